The molecule has 0 atom stereocenters. The van der Waals surface area contributed by atoms with Crippen LogP contribution in [-0.2, 0) is 6.54 Å². The largest absolute Gasteiger partial charge is 0.322 e. The number of piperazine rings is 1. The molecule has 0 bridgehead atoms. The highest BCUT2D eigenvalue weighted by atomic mass is 16.2. The number of benzene rings is 2. The minimum Gasteiger partial charge on any atom is -0.322 e. The first-order valence-corrected chi connectivity index (χ1v) is 8.76. The van der Waals surface area contributed by atoms with Gasteiger partial charge in [-0.05, 0) is 24.1 Å². The number of carbonyl (C=O) groups excluding carboxylic acids is 1. The molecule has 25 heavy (non-hydrogen) atoms. The number of hydrogen-bond donors (Lipinski definition) is 1. The van der Waals surface area contributed by atoms with Crippen LogP contribution < -0.4 is 5.32 Å². The molecular weight excluding hydrogens is 310 g/mol. The second kappa shape index (κ2) is 8.49. The Bertz CT molecular complexity index is 702. The number of rotatable bonds is 4. The van der Waals surface area contributed by atoms with Crippen molar-refractivity contribution in [2.75, 3.05) is 26.2 Å². The third-order valence-corrected chi connectivity index (χ3v) is 4.47. The number of carbonyl (C=O) groups is 1. The molecule has 0 aromatic heterocycles. The predicted molar refractivity (Wildman–Crippen MR) is 102 cm³/mol. The number of amides is 2. The Hall–Kier alpha value is -2.59. The molecule has 0 spiro atoms. The number of nitrogens with zero attached hydrogens (tertiary/aromatic N) is 2. The Morgan fingerprint density at radius 2 is 1.68 bits per heavy atom. The van der Waals surface area contributed by atoms with Gasteiger partial charge in [-0.25, -0.2) is 4.79 Å². The zero-order valence-corrected chi connectivity index (χ0v) is 14.7. The molecule has 1 aliphatic heterocycles. The highest BCUT2D eigenvalue weighted by Crippen LogP contribution is 2.09. The molecule has 4 heteroatoms. The first kappa shape index (κ1) is 17.2. The molecule has 0 unspecified atom stereocenters. The van der Waals surface area contributed by atoms with E-state index >= 15 is 0 Å². The average Bonchev–Trinajstić information content (AvgIpc) is 2.65. The van der Waals surface area contributed by atoms with E-state index in [9.17, 15) is 4.79 Å². The van der Waals surface area contributed by atoms with Crippen molar-refractivity contribution in [1.82, 2.24) is 15.1 Å². The highest BCUT2D eigenvalue weighted by molar-refractivity contribution is 5.76. The van der Waals surface area contributed by atoms with Crippen LogP contribution in [-0.4, -0.2) is 42.0 Å². The van der Waals surface area contributed by atoms with Gasteiger partial charge in [-0.3, -0.25) is 4.90 Å². The predicted octanol–water partition coefficient (Wildman–Crippen LogP) is 3.49. The van der Waals surface area contributed by atoms with Crippen LogP contribution in [0.4, 0.5) is 4.79 Å². The molecule has 3 rings (SSSR count). The van der Waals surface area contributed by atoms with Gasteiger partial charge in [-0.1, -0.05) is 60.2 Å². The topological polar surface area (TPSA) is 35.6 Å². The summed E-state index contributed by atoms with van der Waals surface area (Å²) in [6.45, 7) is 6.35. The van der Waals surface area contributed by atoms with Gasteiger partial charge in [-0.15, -0.1) is 0 Å². The maximum atomic E-state index is 12.3. The monoisotopic (exact) mass is 335 g/mol. The molecule has 0 saturated carbocycles. The van der Waals surface area contributed by atoms with Crippen molar-refractivity contribution < 1.29 is 4.79 Å². The molecule has 0 radical (unpaired) electrons. The van der Waals surface area contributed by atoms with Gasteiger partial charge in [0.2, 0.25) is 0 Å². The van der Waals surface area contributed by atoms with Gasteiger partial charge in [0, 0.05) is 38.9 Å². The van der Waals surface area contributed by atoms with Gasteiger partial charge in [-0.2, -0.15) is 0 Å². The first-order chi connectivity index (χ1) is 12.2. The zero-order valence-electron chi connectivity index (χ0n) is 14.7. The SMILES string of the molecule is Cc1ccc(/C=C/NC(=O)N2CCN(Cc3ccccc3)CC2)cc1. The standard InChI is InChI=1S/C21H25N3O/c1-18-7-9-19(10-8-18)11-12-22-21(25)24-15-13-23(14-16-24)17-20-5-3-2-4-6-20/h2-12H,13-17H2,1H3,(H,22,25)/b12-11+. The average molecular weight is 335 g/mol. The van der Waals surface area contributed by atoms with E-state index in [0.717, 1.165) is 38.3 Å². The second-order valence-electron chi connectivity index (χ2n) is 6.44. The van der Waals surface area contributed by atoms with Crippen molar-refractivity contribution in [3.8, 4) is 0 Å². The normalized spacial score (nSPS) is 15.5. The van der Waals surface area contributed by atoms with Crippen LogP contribution >= 0.6 is 0 Å². The van der Waals surface area contributed by atoms with Crippen LogP contribution in [0.5, 0.6) is 0 Å². The fourth-order valence-corrected chi connectivity index (χ4v) is 2.93. The van der Waals surface area contributed by atoms with Crippen LogP contribution in [0.1, 0.15) is 16.7 Å². The van der Waals surface area contributed by atoms with Crippen LogP contribution in [0.15, 0.2) is 60.8 Å². The molecule has 0 aliphatic carbocycles. The lowest BCUT2D eigenvalue weighted by molar-refractivity contribution is 0.137. The molecule has 2 amide bonds. The fraction of sp³-hybridized carbons (Fsp3) is 0.286. The number of nitrogens with one attached hydrogen (secondary N) is 1. The lowest BCUT2D eigenvalue weighted by Crippen LogP contribution is -2.50. The van der Waals surface area contributed by atoms with Crippen molar-refractivity contribution in [2.45, 2.75) is 13.5 Å². The molecule has 1 saturated heterocycles. The van der Waals surface area contributed by atoms with Gasteiger partial charge in [0.05, 0.1) is 0 Å². The van der Waals surface area contributed by atoms with Crippen LogP contribution in [0.25, 0.3) is 6.08 Å². The van der Waals surface area contributed by atoms with Gasteiger partial charge in [0.1, 0.15) is 0 Å². The van der Waals surface area contributed by atoms with E-state index in [1.54, 1.807) is 6.20 Å². The summed E-state index contributed by atoms with van der Waals surface area (Å²) in [6.07, 6.45) is 3.65. The Labute approximate surface area is 149 Å². The summed E-state index contributed by atoms with van der Waals surface area (Å²) >= 11 is 0. The molecule has 2 aromatic rings. The van der Waals surface area contributed by atoms with Crippen LogP contribution in [0, 0.1) is 6.92 Å². The van der Waals surface area contributed by atoms with E-state index in [0.29, 0.717) is 0 Å². The summed E-state index contributed by atoms with van der Waals surface area (Å²) in [5.41, 5.74) is 3.63. The zero-order chi connectivity index (χ0) is 17.5. The van der Waals surface area contributed by atoms with Crippen molar-refractivity contribution in [3.05, 3.63) is 77.5 Å². The molecular formula is C21H25N3O. The summed E-state index contributed by atoms with van der Waals surface area (Å²) in [6, 6.07) is 18.7. The summed E-state index contributed by atoms with van der Waals surface area (Å²) in [5, 5.41) is 2.87. The van der Waals surface area contributed by atoms with E-state index in [2.05, 4.69) is 53.5 Å². The minimum atomic E-state index is -0.0253. The van der Waals surface area contributed by atoms with E-state index < -0.39 is 0 Å². The first-order valence-electron chi connectivity index (χ1n) is 8.76. The number of hydrogen-bond acceptors (Lipinski definition) is 2. The van der Waals surface area contributed by atoms with E-state index in [1.165, 1.54) is 11.1 Å². The smallest absolute Gasteiger partial charge is 0.321 e. The quantitative estimate of drug-likeness (QED) is 0.928. The molecule has 1 aliphatic rings. The van der Waals surface area contributed by atoms with E-state index in [4.69, 9.17) is 0 Å². The van der Waals surface area contributed by atoms with Gasteiger partial charge >= 0.3 is 6.03 Å². The molecule has 4 nitrogen and oxygen atoms in total. The van der Waals surface area contributed by atoms with Gasteiger partial charge < -0.3 is 10.2 Å². The molecule has 130 valence electrons. The third-order valence-electron chi connectivity index (χ3n) is 4.47. The molecule has 2 aromatic carbocycles. The van der Waals surface area contributed by atoms with Gasteiger partial charge in [0.15, 0.2) is 0 Å². The van der Waals surface area contributed by atoms with Crippen molar-refractivity contribution in [2.24, 2.45) is 0 Å². The number of urea groups is 1. The van der Waals surface area contributed by atoms with Gasteiger partial charge in [0.25, 0.3) is 0 Å². The Morgan fingerprint density at radius 3 is 2.36 bits per heavy atom. The third kappa shape index (κ3) is 5.19. The molecule has 1 fully saturated rings. The maximum Gasteiger partial charge on any atom is 0.321 e. The van der Waals surface area contributed by atoms with Crippen molar-refractivity contribution >= 4 is 12.1 Å². The van der Waals surface area contributed by atoms with E-state index in [-0.39, 0.29) is 6.03 Å². The fourth-order valence-electron chi connectivity index (χ4n) is 2.93. The number of aryl methyl sites for hydroxylation is 1. The lowest BCUT2D eigenvalue weighted by Gasteiger charge is -2.34. The summed E-state index contributed by atoms with van der Waals surface area (Å²) in [4.78, 5) is 16.5. The summed E-state index contributed by atoms with van der Waals surface area (Å²) < 4.78 is 0. The molecule has 1 N–H and O–H groups in total. The van der Waals surface area contributed by atoms with Crippen molar-refractivity contribution in [3.63, 3.8) is 0 Å². The Morgan fingerprint density at radius 1 is 1.00 bits per heavy atom. The van der Waals surface area contributed by atoms with E-state index in [1.807, 2.05) is 29.2 Å². The second-order valence-corrected chi connectivity index (χ2v) is 6.44. The van der Waals surface area contributed by atoms with Crippen LogP contribution in [0.2, 0.25) is 0 Å². The highest BCUT2D eigenvalue weighted by Gasteiger charge is 2.20. The summed E-state index contributed by atoms with van der Waals surface area (Å²) in [5.74, 6) is 0. The maximum absolute atomic E-state index is 12.3. The lowest BCUT2D eigenvalue weighted by atomic mass is 10.1. The Balaban J connectivity index is 1.43. The Kier molecular flexibility index (Phi) is 5.86. The van der Waals surface area contributed by atoms with Crippen molar-refractivity contribution in [1.29, 1.82) is 0 Å². The molecule has 1 heterocycles. The minimum absolute atomic E-state index is 0.0253. The summed E-state index contributed by atoms with van der Waals surface area (Å²) in [7, 11) is 0. The van der Waals surface area contributed by atoms with Crippen LogP contribution in [0.3, 0.4) is 0 Å².